The van der Waals surface area contributed by atoms with Gasteiger partial charge in [0.2, 0.25) is 0 Å². The summed E-state index contributed by atoms with van der Waals surface area (Å²) in [4.78, 5) is 0. The fourth-order valence-corrected chi connectivity index (χ4v) is 5.44. The van der Waals surface area contributed by atoms with Gasteiger partial charge in [-0.3, -0.25) is 0 Å². The molecule has 1 aliphatic rings. The minimum atomic E-state index is -3.21. The van der Waals surface area contributed by atoms with Crippen molar-refractivity contribution in [3.05, 3.63) is 0 Å². The predicted octanol–water partition coefficient (Wildman–Crippen LogP) is 1.65. The van der Waals surface area contributed by atoms with Gasteiger partial charge in [0, 0.05) is 0 Å². The Hall–Kier alpha value is 0.588. The molecule has 16 heavy (non-hydrogen) atoms. The van der Waals surface area contributed by atoms with Crippen molar-refractivity contribution in [2.24, 2.45) is 0 Å². The fourth-order valence-electron chi connectivity index (χ4n) is 1.11. The molecule has 0 aromatic rings. The molecule has 1 aliphatic heterocycles. The van der Waals surface area contributed by atoms with Crippen molar-refractivity contribution in [3.63, 3.8) is 0 Å². The molecule has 0 aromatic carbocycles. The Morgan fingerprint density at radius 3 is 2.19 bits per heavy atom. The molecule has 0 N–H and O–H groups in total. The van der Waals surface area contributed by atoms with Crippen LogP contribution in [0.5, 0.6) is 0 Å². The van der Waals surface area contributed by atoms with Gasteiger partial charge in [-0.2, -0.15) is 0 Å². The molecule has 0 amide bonds. The Bertz CT molecular complexity index is 235. The quantitative estimate of drug-likeness (QED) is 0.526. The average Bonchev–Trinajstić information content (AvgIpc) is 2.71. The molecule has 0 radical (unpaired) electrons. The monoisotopic (exact) mass is 316 g/mol. The number of hydrogen-bond donors (Lipinski definition) is 0. The third-order valence-electron chi connectivity index (χ3n) is 1.78. The maximum atomic E-state index is 12.2. The third-order valence-corrected chi connectivity index (χ3v) is 7.05. The van der Waals surface area contributed by atoms with E-state index in [-0.39, 0.29) is 0 Å². The predicted molar refractivity (Wildman–Crippen MR) is 59.1 cm³/mol. The van der Waals surface area contributed by atoms with Crippen LogP contribution in [0.25, 0.3) is 0 Å². The summed E-state index contributed by atoms with van der Waals surface area (Å²) in [5, 5.41) is 0. The van der Waals surface area contributed by atoms with E-state index < -0.39 is 29.1 Å². The first-order chi connectivity index (χ1) is 7.62. The number of hydrogen-bond acceptors (Lipinski definition) is 6. The van der Waals surface area contributed by atoms with Crippen LogP contribution in [0.4, 0.5) is 0 Å². The van der Waals surface area contributed by atoms with E-state index >= 15 is 0 Å². The number of rotatable bonds is 7. The van der Waals surface area contributed by atoms with Crippen LogP contribution in [0, 0.1) is 0 Å². The first-order valence-corrected chi connectivity index (χ1v) is 9.15. The van der Waals surface area contributed by atoms with Crippen LogP contribution < -0.4 is 0 Å². The van der Waals surface area contributed by atoms with E-state index in [4.69, 9.17) is 20.2 Å². The maximum absolute atomic E-state index is 12.2. The van der Waals surface area contributed by atoms with Gasteiger partial charge in [0.25, 0.3) is 0 Å². The molecule has 8 heteroatoms. The summed E-state index contributed by atoms with van der Waals surface area (Å²) in [6.45, 7) is 6.91. The van der Waals surface area contributed by atoms with Crippen molar-refractivity contribution in [1.82, 2.24) is 0 Å². The van der Waals surface area contributed by atoms with Gasteiger partial charge in [0.05, 0.1) is 0 Å². The van der Waals surface area contributed by atoms with Crippen LogP contribution in [0.3, 0.4) is 0 Å². The van der Waals surface area contributed by atoms with Crippen LogP contribution in [0.15, 0.2) is 0 Å². The second-order valence-electron chi connectivity index (χ2n) is 2.97. The van der Waals surface area contributed by atoms with Crippen molar-refractivity contribution in [3.8, 4) is 0 Å². The van der Waals surface area contributed by atoms with Gasteiger partial charge in [0.1, 0.15) is 0 Å². The average molecular weight is 316 g/mol. The molecule has 96 valence electrons. The first kappa shape index (κ1) is 14.6. The van der Waals surface area contributed by atoms with E-state index in [1.54, 1.807) is 20.8 Å². The summed E-state index contributed by atoms with van der Waals surface area (Å²) in [6.07, 6.45) is 0. The second-order valence-corrected chi connectivity index (χ2v) is 7.76. The Morgan fingerprint density at radius 2 is 1.75 bits per heavy atom. The van der Waals surface area contributed by atoms with Gasteiger partial charge < -0.3 is 0 Å². The fraction of sp³-hybridized carbons (Fsp3) is 1.00. The summed E-state index contributed by atoms with van der Waals surface area (Å²) < 4.78 is 38.5. The van der Waals surface area contributed by atoms with Crippen LogP contribution >= 0.6 is 7.60 Å². The summed E-state index contributed by atoms with van der Waals surface area (Å²) in [7, 11) is -3.21. The van der Waals surface area contributed by atoms with Crippen molar-refractivity contribution < 1.29 is 24.8 Å². The summed E-state index contributed by atoms with van der Waals surface area (Å²) in [5.41, 5.74) is 0. The molecular formula is C8H18AsO6P. The zero-order chi connectivity index (χ0) is 12.0. The molecule has 1 rings (SSSR count). The van der Waals surface area contributed by atoms with Gasteiger partial charge in [0.15, 0.2) is 0 Å². The van der Waals surface area contributed by atoms with Crippen LogP contribution in [0.2, 0.25) is 0 Å². The topological polar surface area (TPSA) is 63.2 Å². The molecular weight excluding hydrogens is 298 g/mol. The molecule has 1 saturated heterocycles. The van der Waals surface area contributed by atoms with Gasteiger partial charge in [-0.1, -0.05) is 0 Å². The zero-order valence-electron chi connectivity index (χ0n) is 9.75. The van der Waals surface area contributed by atoms with E-state index in [0.717, 1.165) is 0 Å². The van der Waals surface area contributed by atoms with Crippen molar-refractivity contribution in [2.75, 3.05) is 26.4 Å². The molecule has 1 unspecified atom stereocenters. The van der Waals surface area contributed by atoms with Gasteiger partial charge in [-0.25, -0.2) is 0 Å². The Kier molecular flexibility index (Phi) is 6.52. The van der Waals surface area contributed by atoms with E-state index in [2.05, 4.69) is 0 Å². The molecule has 1 fully saturated rings. The molecule has 0 aliphatic carbocycles. The molecule has 0 saturated carbocycles. The van der Waals surface area contributed by atoms with Crippen molar-refractivity contribution in [1.29, 1.82) is 0 Å². The van der Waals surface area contributed by atoms with E-state index in [0.29, 0.717) is 26.4 Å². The first-order valence-electron chi connectivity index (χ1n) is 5.24. The van der Waals surface area contributed by atoms with Crippen LogP contribution in [0.1, 0.15) is 20.8 Å². The third kappa shape index (κ3) is 4.11. The van der Waals surface area contributed by atoms with Gasteiger partial charge in [-0.15, -0.1) is 0 Å². The second kappa shape index (κ2) is 7.12. The Labute approximate surface area is 101 Å². The van der Waals surface area contributed by atoms with Gasteiger partial charge in [-0.05, 0) is 0 Å². The van der Waals surface area contributed by atoms with Crippen LogP contribution in [-0.4, -0.2) is 47.9 Å². The molecule has 1 heterocycles. The van der Waals surface area contributed by atoms with Crippen molar-refractivity contribution in [2.45, 2.75) is 26.6 Å². The zero-order valence-corrected chi connectivity index (χ0v) is 12.5. The SMILES string of the molecule is CCOP(=O)(OCC)C(C)O[As]1OCCO1. The molecule has 0 bridgehead atoms. The molecule has 0 spiro atoms. The van der Waals surface area contributed by atoms with Gasteiger partial charge >= 0.3 is 101 Å². The Balaban J connectivity index is 2.51. The van der Waals surface area contributed by atoms with Crippen molar-refractivity contribution >= 4 is 23.3 Å². The Morgan fingerprint density at radius 1 is 1.25 bits per heavy atom. The summed E-state index contributed by atoms with van der Waals surface area (Å²) in [5.74, 6) is -0.648. The summed E-state index contributed by atoms with van der Waals surface area (Å²) in [6, 6.07) is 0. The molecule has 1 atom stereocenters. The summed E-state index contributed by atoms with van der Waals surface area (Å²) >= 11 is -2.19. The molecule has 0 aromatic heterocycles. The minimum absolute atomic E-state index is 0.319. The van der Waals surface area contributed by atoms with E-state index in [9.17, 15) is 4.57 Å². The van der Waals surface area contributed by atoms with Crippen LogP contribution in [-0.2, 0) is 24.8 Å². The van der Waals surface area contributed by atoms with E-state index in [1.807, 2.05) is 0 Å². The standard InChI is InChI=1S/C8H18AsO6P/c1-4-13-16(10,14-5-2)8(3)15-9-11-6-7-12-9/h8H,4-7H2,1-3H3. The van der Waals surface area contributed by atoms with E-state index in [1.165, 1.54) is 0 Å². The molecule has 6 nitrogen and oxygen atoms in total. The normalized spacial score (nSPS) is 20.2.